The third-order valence-corrected chi connectivity index (χ3v) is 4.15. The molecule has 0 radical (unpaired) electrons. The first-order valence-corrected chi connectivity index (χ1v) is 7.84. The van der Waals surface area contributed by atoms with E-state index in [1.54, 1.807) is 6.07 Å². The van der Waals surface area contributed by atoms with Gasteiger partial charge in [0.25, 0.3) is 5.91 Å². The number of halogens is 1. The zero-order valence-electron chi connectivity index (χ0n) is 12.7. The van der Waals surface area contributed by atoms with Crippen LogP contribution in [0.2, 0.25) is 5.02 Å². The molecule has 0 saturated carbocycles. The van der Waals surface area contributed by atoms with Crippen LogP contribution in [0, 0.1) is 5.92 Å². The van der Waals surface area contributed by atoms with Crippen LogP contribution >= 0.6 is 11.6 Å². The quantitative estimate of drug-likeness (QED) is 0.876. The molecule has 2 heterocycles. The molecule has 1 aromatic heterocycles. The van der Waals surface area contributed by atoms with Gasteiger partial charge in [-0.1, -0.05) is 11.6 Å². The van der Waals surface area contributed by atoms with Crippen molar-refractivity contribution in [3.8, 4) is 0 Å². The Morgan fingerprint density at radius 2 is 2.19 bits per heavy atom. The zero-order chi connectivity index (χ0) is 15.2. The standard InChI is InChI=1S/C15H23ClN4O/c1-3-17-14-8-12(13(16)10-18-14)15(21)19-9-11-4-6-20(2)7-5-11/h8,10-11H,3-7,9H2,1-2H3,(H,17,18)(H,19,21). The third-order valence-electron chi connectivity index (χ3n) is 3.85. The van der Waals surface area contributed by atoms with E-state index >= 15 is 0 Å². The normalized spacial score (nSPS) is 16.7. The molecule has 1 saturated heterocycles. The van der Waals surface area contributed by atoms with Crippen molar-refractivity contribution in [2.45, 2.75) is 19.8 Å². The zero-order valence-corrected chi connectivity index (χ0v) is 13.4. The first-order valence-electron chi connectivity index (χ1n) is 7.46. The molecule has 0 aromatic carbocycles. The molecule has 0 aliphatic carbocycles. The minimum Gasteiger partial charge on any atom is -0.370 e. The minimum absolute atomic E-state index is 0.125. The summed E-state index contributed by atoms with van der Waals surface area (Å²) in [6.45, 7) is 5.64. The Morgan fingerprint density at radius 3 is 2.86 bits per heavy atom. The summed E-state index contributed by atoms with van der Waals surface area (Å²) in [5.41, 5.74) is 0.482. The van der Waals surface area contributed by atoms with Crippen molar-refractivity contribution in [2.24, 2.45) is 5.92 Å². The fraction of sp³-hybridized carbons (Fsp3) is 0.600. The summed E-state index contributed by atoms with van der Waals surface area (Å²) >= 11 is 6.07. The van der Waals surface area contributed by atoms with Gasteiger partial charge in [-0.25, -0.2) is 4.98 Å². The summed E-state index contributed by atoms with van der Waals surface area (Å²) in [5.74, 6) is 1.10. The fourth-order valence-electron chi connectivity index (χ4n) is 2.49. The molecule has 1 amide bonds. The second-order valence-corrected chi connectivity index (χ2v) is 5.94. The van der Waals surface area contributed by atoms with Crippen LogP contribution in [-0.2, 0) is 0 Å². The molecule has 1 aliphatic heterocycles. The molecule has 116 valence electrons. The van der Waals surface area contributed by atoms with Crippen molar-refractivity contribution in [1.29, 1.82) is 0 Å². The topological polar surface area (TPSA) is 57.3 Å². The molecule has 1 fully saturated rings. The number of hydrogen-bond donors (Lipinski definition) is 2. The van der Waals surface area contributed by atoms with Gasteiger partial charge in [0.05, 0.1) is 10.6 Å². The first-order chi connectivity index (χ1) is 10.1. The Labute approximate surface area is 131 Å². The van der Waals surface area contributed by atoms with Crippen LogP contribution in [0.4, 0.5) is 5.82 Å². The highest BCUT2D eigenvalue weighted by Gasteiger charge is 2.18. The van der Waals surface area contributed by atoms with Crippen molar-refractivity contribution in [3.63, 3.8) is 0 Å². The Kier molecular flexibility index (Phi) is 5.82. The molecule has 6 heteroatoms. The van der Waals surface area contributed by atoms with Gasteiger partial charge in [0.2, 0.25) is 0 Å². The molecule has 2 N–H and O–H groups in total. The summed E-state index contributed by atoms with van der Waals surface area (Å²) in [6, 6.07) is 1.70. The van der Waals surface area contributed by atoms with Crippen LogP contribution in [-0.4, -0.2) is 49.0 Å². The lowest BCUT2D eigenvalue weighted by atomic mass is 9.97. The average molecular weight is 311 g/mol. The molecule has 2 rings (SSSR count). The van der Waals surface area contributed by atoms with E-state index in [1.165, 1.54) is 6.20 Å². The maximum atomic E-state index is 12.3. The number of nitrogens with one attached hydrogen (secondary N) is 2. The average Bonchev–Trinajstić information content (AvgIpc) is 2.48. The Hall–Kier alpha value is -1.33. The SMILES string of the molecule is CCNc1cc(C(=O)NCC2CCN(C)CC2)c(Cl)cn1. The molecule has 0 atom stereocenters. The van der Waals surface area contributed by atoms with Crippen molar-refractivity contribution in [2.75, 3.05) is 38.5 Å². The monoisotopic (exact) mass is 310 g/mol. The predicted octanol–water partition coefficient (Wildman–Crippen LogP) is 2.24. The molecule has 0 spiro atoms. The smallest absolute Gasteiger partial charge is 0.252 e. The maximum Gasteiger partial charge on any atom is 0.252 e. The van der Waals surface area contributed by atoms with E-state index in [-0.39, 0.29) is 5.91 Å². The second kappa shape index (κ2) is 7.61. The number of piperidine rings is 1. The number of carbonyl (C=O) groups is 1. The third kappa shape index (κ3) is 4.58. The Morgan fingerprint density at radius 1 is 1.48 bits per heavy atom. The molecular formula is C15H23ClN4O. The number of carbonyl (C=O) groups excluding carboxylic acids is 1. The maximum absolute atomic E-state index is 12.3. The highest BCUT2D eigenvalue weighted by Crippen LogP contribution is 2.19. The lowest BCUT2D eigenvalue weighted by molar-refractivity contribution is 0.0939. The van der Waals surface area contributed by atoms with Crippen LogP contribution < -0.4 is 10.6 Å². The van der Waals surface area contributed by atoms with Gasteiger partial charge in [-0.3, -0.25) is 4.79 Å². The van der Waals surface area contributed by atoms with Crippen LogP contribution in [0.1, 0.15) is 30.1 Å². The molecule has 0 unspecified atom stereocenters. The van der Waals surface area contributed by atoms with E-state index < -0.39 is 0 Å². The molecule has 5 nitrogen and oxygen atoms in total. The van der Waals surface area contributed by atoms with Crippen molar-refractivity contribution < 1.29 is 4.79 Å². The van der Waals surface area contributed by atoms with E-state index in [0.717, 1.165) is 32.5 Å². The van der Waals surface area contributed by atoms with Gasteiger partial charge in [-0.05, 0) is 51.9 Å². The summed E-state index contributed by atoms with van der Waals surface area (Å²) in [4.78, 5) is 18.7. The van der Waals surface area contributed by atoms with Crippen LogP contribution in [0.3, 0.4) is 0 Å². The van der Waals surface area contributed by atoms with Crippen LogP contribution in [0.5, 0.6) is 0 Å². The molecular weight excluding hydrogens is 288 g/mol. The summed E-state index contributed by atoms with van der Waals surface area (Å²) in [7, 11) is 2.13. The lowest BCUT2D eigenvalue weighted by Crippen LogP contribution is -2.37. The fourth-order valence-corrected chi connectivity index (χ4v) is 2.68. The van der Waals surface area contributed by atoms with Gasteiger partial charge < -0.3 is 15.5 Å². The van der Waals surface area contributed by atoms with E-state index in [2.05, 4.69) is 27.6 Å². The van der Waals surface area contributed by atoms with Gasteiger partial charge in [0, 0.05) is 19.3 Å². The van der Waals surface area contributed by atoms with Crippen molar-refractivity contribution in [3.05, 3.63) is 22.8 Å². The largest absolute Gasteiger partial charge is 0.370 e. The number of aromatic nitrogens is 1. The predicted molar refractivity (Wildman–Crippen MR) is 86.0 cm³/mol. The van der Waals surface area contributed by atoms with Gasteiger partial charge >= 0.3 is 0 Å². The van der Waals surface area contributed by atoms with Crippen LogP contribution in [0.25, 0.3) is 0 Å². The van der Waals surface area contributed by atoms with E-state index in [0.29, 0.717) is 28.9 Å². The number of pyridine rings is 1. The van der Waals surface area contributed by atoms with Gasteiger partial charge in [-0.15, -0.1) is 0 Å². The number of rotatable bonds is 5. The van der Waals surface area contributed by atoms with E-state index in [1.807, 2.05) is 6.92 Å². The molecule has 1 aromatic rings. The van der Waals surface area contributed by atoms with Gasteiger partial charge in [0.1, 0.15) is 5.82 Å². The van der Waals surface area contributed by atoms with Crippen LogP contribution in [0.15, 0.2) is 12.3 Å². The number of likely N-dealkylation sites (tertiary alicyclic amines) is 1. The van der Waals surface area contributed by atoms with Crippen molar-refractivity contribution in [1.82, 2.24) is 15.2 Å². The molecule has 0 bridgehead atoms. The lowest BCUT2D eigenvalue weighted by Gasteiger charge is -2.28. The first kappa shape index (κ1) is 16.0. The van der Waals surface area contributed by atoms with Crippen molar-refractivity contribution >= 4 is 23.3 Å². The highest BCUT2D eigenvalue weighted by atomic mass is 35.5. The summed E-state index contributed by atoms with van der Waals surface area (Å²) in [6.07, 6.45) is 3.77. The molecule has 21 heavy (non-hydrogen) atoms. The number of nitrogens with zero attached hydrogens (tertiary/aromatic N) is 2. The molecule has 1 aliphatic rings. The minimum atomic E-state index is -0.125. The number of anilines is 1. The van der Waals surface area contributed by atoms with Gasteiger partial charge in [-0.2, -0.15) is 0 Å². The Bertz CT molecular complexity index is 487. The van der Waals surface area contributed by atoms with E-state index in [4.69, 9.17) is 11.6 Å². The highest BCUT2D eigenvalue weighted by molar-refractivity contribution is 6.33. The Balaban J connectivity index is 1.92. The number of hydrogen-bond acceptors (Lipinski definition) is 4. The van der Waals surface area contributed by atoms with Gasteiger partial charge in [0.15, 0.2) is 0 Å². The van der Waals surface area contributed by atoms with E-state index in [9.17, 15) is 4.79 Å². The summed E-state index contributed by atoms with van der Waals surface area (Å²) in [5, 5.41) is 6.47. The number of amides is 1. The summed E-state index contributed by atoms with van der Waals surface area (Å²) < 4.78 is 0. The second-order valence-electron chi connectivity index (χ2n) is 5.54.